The van der Waals surface area contributed by atoms with E-state index in [1.54, 1.807) is 24.3 Å². The van der Waals surface area contributed by atoms with Gasteiger partial charge in [0.1, 0.15) is 5.54 Å². The second-order valence-corrected chi connectivity index (χ2v) is 9.92. The Labute approximate surface area is 211 Å². The zero-order valence-electron chi connectivity index (χ0n) is 18.9. The van der Waals surface area contributed by atoms with E-state index in [4.69, 9.17) is 11.6 Å². The lowest BCUT2D eigenvalue weighted by Gasteiger charge is -2.29. The van der Waals surface area contributed by atoms with Gasteiger partial charge in [0.2, 0.25) is 17.7 Å². The molecule has 4 N–H and O–H groups in total. The molecule has 3 aromatic rings. The molecule has 3 aromatic carbocycles. The average molecular weight is 504 g/mol. The van der Waals surface area contributed by atoms with Crippen LogP contribution >= 0.6 is 11.6 Å². The number of hydrogen-bond acceptors (Lipinski definition) is 6. The second kappa shape index (κ2) is 8.08. The number of rotatable bonds is 4. The van der Waals surface area contributed by atoms with Gasteiger partial charge in [0.25, 0.3) is 0 Å². The summed E-state index contributed by atoms with van der Waals surface area (Å²) in [7, 11) is 0. The summed E-state index contributed by atoms with van der Waals surface area (Å²) < 4.78 is 0. The van der Waals surface area contributed by atoms with Gasteiger partial charge in [-0.1, -0.05) is 48.0 Å². The van der Waals surface area contributed by atoms with Gasteiger partial charge in [0, 0.05) is 22.3 Å². The van der Waals surface area contributed by atoms with E-state index in [-0.39, 0.29) is 30.4 Å². The summed E-state index contributed by atoms with van der Waals surface area (Å²) in [6, 6.07) is 18.1. The molecule has 36 heavy (non-hydrogen) atoms. The molecule has 0 saturated carbocycles. The van der Waals surface area contributed by atoms with Gasteiger partial charge in [-0.2, -0.15) is 0 Å². The Morgan fingerprint density at radius 2 is 1.67 bits per heavy atom. The number of fused-ring (bicyclic) bond motifs is 4. The first-order chi connectivity index (χ1) is 17.3. The molecule has 2 fully saturated rings. The number of imide groups is 1. The van der Waals surface area contributed by atoms with Gasteiger partial charge in [-0.25, -0.2) is 0 Å². The third kappa shape index (κ3) is 3.22. The maximum Gasteiger partial charge on any atom is 0.250 e. The first-order valence-electron chi connectivity index (χ1n) is 11.6. The van der Waals surface area contributed by atoms with Crippen LogP contribution in [0.3, 0.4) is 0 Å². The highest BCUT2D eigenvalue weighted by molar-refractivity contribution is 6.31. The van der Waals surface area contributed by atoms with Crippen LogP contribution in [-0.4, -0.2) is 38.9 Å². The van der Waals surface area contributed by atoms with Gasteiger partial charge in [-0.15, -0.1) is 0 Å². The Hall–Kier alpha value is -3.88. The minimum Gasteiger partial charge on any atom is -0.504 e. The smallest absolute Gasteiger partial charge is 0.250 e. The summed E-state index contributed by atoms with van der Waals surface area (Å²) in [5.74, 6) is -3.50. The van der Waals surface area contributed by atoms with Crippen LogP contribution < -0.4 is 10.6 Å². The number of halogens is 1. The van der Waals surface area contributed by atoms with E-state index in [9.17, 15) is 24.6 Å². The molecule has 6 rings (SSSR count). The fraction of sp³-hybridized carbons (Fsp3) is 0.222. The van der Waals surface area contributed by atoms with E-state index in [2.05, 4.69) is 10.6 Å². The standard InChI is InChI=1S/C27H22ClN3O5/c28-16-7-8-18-17(12-16)27(26(36)29-18)23-22(19(30-27)10-15-6-9-20(32)21(33)11-15)24(34)31(25(23)35)13-14-4-2-1-3-5-14/h1-9,11-12,19,22-23,30,32-33H,10,13H2,(H,29,36)/t19-,22+,23-,27-/m0/s1. The molecular weight excluding hydrogens is 482 g/mol. The van der Waals surface area contributed by atoms with Gasteiger partial charge in [-0.05, 0) is 47.9 Å². The number of nitrogens with one attached hydrogen (secondary N) is 2. The molecule has 0 unspecified atom stereocenters. The maximum atomic E-state index is 13.9. The zero-order valence-corrected chi connectivity index (χ0v) is 19.7. The largest absolute Gasteiger partial charge is 0.504 e. The Morgan fingerprint density at radius 1 is 0.889 bits per heavy atom. The van der Waals surface area contributed by atoms with Crippen molar-refractivity contribution in [3.8, 4) is 11.5 Å². The lowest BCUT2D eigenvalue weighted by atomic mass is 9.76. The van der Waals surface area contributed by atoms with Crippen LogP contribution in [0.25, 0.3) is 0 Å². The molecule has 3 heterocycles. The van der Waals surface area contributed by atoms with Gasteiger partial charge in [-0.3, -0.25) is 24.6 Å². The molecule has 4 atom stereocenters. The van der Waals surface area contributed by atoms with Gasteiger partial charge < -0.3 is 15.5 Å². The number of carbonyl (C=O) groups is 3. The van der Waals surface area contributed by atoms with E-state index in [0.29, 0.717) is 21.8 Å². The molecule has 0 bridgehead atoms. The molecular formula is C27H22ClN3O5. The second-order valence-electron chi connectivity index (χ2n) is 9.48. The Balaban J connectivity index is 1.45. The van der Waals surface area contributed by atoms with Crippen molar-refractivity contribution in [3.05, 3.63) is 88.4 Å². The highest BCUT2D eigenvalue weighted by Crippen LogP contribution is 2.54. The molecule has 3 aliphatic heterocycles. The molecule has 0 aliphatic carbocycles. The third-order valence-corrected chi connectivity index (χ3v) is 7.68. The topological polar surface area (TPSA) is 119 Å². The number of carbonyl (C=O) groups excluding carboxylic acids is 3. The molecule has 0 aromatic heterocycles. The number of amides is 3. The quantitative estimate of drug-likeness (QED) is 0.321. The van der Waals surface area contributed by atoms with Crippen LogP contribution in [0.15, 0.2) is 66.7 Å². The highest BCUT2D eigenvalue weighted by Gasteiger charge is 2.70. The fourth-order valence-electron chi connectivity index (χ4n) is 5.88. The number of nitrogens with zero attached hydrogens (tertiary/aromatic N) is 1. The van der Waals surface area contributed by atoms with Crippen molar-refractivity contribution in [2.45, 2.75) is 24.5 Å². The van der Waals surface area contributed by atoms with E-state index >= 15 is 0 Å². The van der Waals surface area contributed by atoms with Crippen molar-refractivity contribution in [3.63, 3.8) is 0 Å². The van der Waals surface area contributed by atoms with Crippen LogP contribution in [-0.2, 0) is 32.9 Å². The number of phenolic OH excluding ortho intramolecular Hbond substituents is 2. The fourth-order valence-corrected chi connectivity index (χ4v) is 6.05. The molecule has 3 amide bonds. The Morgan fingerprint density at radius 3 is 2.42 bits per heavy atom. The Kier molecular flexibility index (Phi) is 5.07. The maximum absolute atomic E-state index is 13.9. The number of phenols is 2. The lowest BCUT2D eigenvalue weighted by Crippen LogP contribution is -2.53. The van der Waals surface area contributed by atoms with Crippen LogP contribution in [0.2, 0.25) is 5.02 Å². The minimum absolute atomic E-state index is 0.109. The first kappa shape index (κ1) is 22.6. The number of likely N-dealkylation sites (tertiary alicyclic amines) is 1. The summed E-state index contributed by atoms with van der Waals surface area (Å²) >= 11 is 6.29. The summed E-state index contributed by atoms with van der Waals surface area (Å²) in [4.78, 5) is 42.4. The van der Waals surface area contributed by atoms with Gasteiger partial charge in [0.15, 0.2) is 11.5 Å². The number of aromatic hydroxyl groups is 2. The molecule has 2 saturated heterocycles. The highest BCUT2D eigenvalue weighted by atomic mass is 35.5. The average Bonchev–Trinajstić information content (AvgIpc) is 3.43. The number of hydrogen-bond donors (Lipinski definition) is 4. The van der Waals surface area contributed by atoms with E-state index in [1.165, 1.54) is 17.0 Å². The summed E-state index contributed by atoms with van der Waals surface area (Å²) in [6.07, 6.45) is 0.248. The summed E-state index contributed by atoms with van der Waals surface area (Å²) in [5.41, 5.74) is 1.06. The summed E-state index contributed by atoms with van der Waals surface area (Å²) in [5, 5.41) is 26.3. The van der Waals surface area contributed by atoms with Crippen molar-refractivity contribution in [2.24, 2.45) is 11.8 Å². The van der Waals surface area contributed by atoms with Crippen LogP contribution in [0.1, 0.15) is 16.7 Å². The van der Waals surface area contributed by atoms with Crippen molar-refractivity contribution >= 4 is 35.0 Å². The predicted molar refractivity (Wildman–Crippen MR) is 131 cm³/mol. The molecule has 0 radical (unpaired) electrons. The molecule has 3 aliphatic rings. The zero-order chi connectivity index (χ0) is 25.2. The van der Waals surface area contributed by atoms with Gasteiger partial charge >= 0.3 is 0 Å². The van der Waals surface area contributed by atoms with E-state index < -0.39 is 35.2 Å². The lowest BCUT2D eigenvalue weighted by molar-refractivity contribution is -0.143. The van der Waals surface area contributed by atoms with Crippen LogP contribution in [0.5, 0.6) is 11.5 Å². The normalized spacial score (nSPS) is 26.4. The molecule has 9 heteroatoms. The first-order valence-corrected chi connectivity index (χ1v) is 12.0. The molecule has 182 valence electrons. The molecule has 8 nitrogen and oxygen atoms in total. The van der Waals surface area contributed by atoms with Crippen molar-refractivity contribution in [1.29, 1.82) is 0 Å². The van der Waals surface area contributed by atoms with Crippen molar-refractivity contribution in [1.82, 2.24) is 10.2 Å². The SMILES string of the molecule is O=C1[C@@H]2[C@H](Cc3ccc(O)c(O)c3)N[C@]3(C(=O)Nc4ccc(Cl)cc43)[C@@H]2C(=O)N1Cc1ccccc1. The predicted octanol–water partition coefficient (Wildman–Crippen LogP) is 2.91. The van der Waals surface area contributed by atoms with Crippen LogP contribution in [0.4, 0.5) is 5.69 Å². The molecule has 1 spiro atoms. The Bertz CT molecular complexity index is 1430. The number of benzene rings is 3. The third-order valence-electron chi connectivity index (χ3n) is 7.45. The summed E-state index contributed by atoms with van der Waals surface area (Å²) in [6.45, 7) is 0.109. The van der Waals surface area contributed by atoms with E-state index in [0.717, 1.165) is 5.56 Å². The minimum atomic E-state index is -1.47. The van der Waals surface area contributed by atoms with Crippen molar-refractivity contribution < 1.29 is 24.6 Å². The van der Waals surface area contributed by atoms with Crippen LogP contribution in [0, 0.1) is 11.8 Å². The van der Waals surface area contributed by atoms with Crippen molar-refractivity contribution in [2.75, 3.05) is 5.32 Å². The monoisotopic (exact) mass is 503 g/mol. The van der Waals surface area contributed by atoms with E-state index in [1.807, 2.05) is 30.3 Å². The number of anilines is 1. The van der Waals surface area contributed by atoms with Gasteiger partial charge in [0.05, 0.1) is 18.4 Å².